The Labute approximate surface area is 176 Å². The molecule has 1 aliphatic rings. The molecule has 2 aromatic carbocycles. The summed E-state index contributed by atoms with van der Waals surface area (Å²) in [5, 5.41) is 7.13. The number of ether oxygens (including phenoxy) is 1. The number of nitrogens with one attached hydrogen (secondary N) is 1. The van der Waals surface area contributed by atoms with Crippen LogP contribution in [0.1, 0.15) is 43.7 Å². The molecule has 4 rings (SSSR count). The van der Waals surface area contributed by atoms with Crippen LogP contribution in [0.25, 0.3) is 11.4 Å². The van der Waals surface area contributed by atoms with Crippen LogP contribution in [0.3, 0.4) is 0 Å². The molecule has 2 amide bonds. The SMILES string of the molecule is CCc1ccc(NC(=O)N2CCCCC2c2nc(-c3cccc(OC)c3)no2)cc1. The van der Waals surface area contributed by atoms with Crippen molar-refractivity contribution < 1.29 is 14.1 Å². The summed E-state index contributed by atoms with van der Waals surface area (Å²) >= 11 is 0. The van der Waals surface area contributed by atoms with E-state index in [-0.39, 0.29) is 12.1 Å². The van der Waals surface area contributed by atoms with Gasteiger partial charge in [-0.25, -0.2) is 4.79 Å². The van der Waals surface area contributed by atoms with Crippen molar-refractivity contribution in [1.82, 2.24) is 15.0 Å². The largest absolute Gasteiger partial charge is 0.497 e. The van der Waals surface area contributed by atoms with Gasteiger partial charge in [-0.2, -0.15) is 4.98 Å². The third kappa shape index (κ3) is 4.30. The van der Waals surface area contributed by atoms with Crippen molar-refractivity contribution >= 4 is 11.7 Å². The molecular formula is C23H26N4O3. The molecule has 1 N–H and O–H groups in total. The minimum atomic E-state index is -0.236. The molecule has 1 saturated heterocycles. The van der Waals surface area contributed by atoms with Gasteiger partial charge in [-0.05, 0) is 55.5 Å². The molecule has 2 heterocycles. The summed E-state index contributed by atoms with van der Waals surface area (Å²) in [7, 11) is 1.62. The molecule has 0 spiro atoms. The van der Waals surface area contributed by atoms with Crippen molar-refractivity contribution in [2.24, 2.45) is 0 Å². The van der Waals surface area contributed by atoms with E-state index in [9.17, 15) is 4.79 Å². The van der Waals surface area contributed by atoms with Crippen molar-refractivity contribution in [2.45, 2.75) is 38.6 Å². The van der Waals surface area contributed by atoms with Crippen LogP contribution < -0.4 is 10.1 Å². The molecule has 156 valence electrons. The summed E-state index contributed by atoms with van der Waals surface area (Å²) in [5.74, 6) is 1.68. The van der Waals surface area contributed by atoms with Gasteiger partial charge in [0.2, 0.25) is 11.7 Å². The maximum atomic E-state index is 13.0. The first-order valence-corrected chi connectivity index (χ1v) is 10.3. The van der Waals surface area contributed by atoms with Gasteiger partial charge in [0.15, 0.2) is 0 Å². The van der Waals surface area contributed by atoms with E-state index in [0.717, 1.165) is 42.7 Å². The van der Waals surface area contributed by atoms with Crippen LogP contribution in [-0.2, 0) is 6.42 Å². The third-order valence-corrected chi connectivity index (χ3v) is 5.43. The average Bonchev–Trinajstić information content (AvgIpc) is 3.30. The van der Waals surface area contributed by atoms with Crippen LogP contribution in [0.5, 0.6) is 5.75 Å². The van der Waals surface area contributed by atoms with Gasteiger partial charge in [0, 0.05) is 17.8 Å². The highest BCUT2D eigenvalue weighted by Crippen LogP contribution is 2.32. The number of hydrogen-bond acceptors (Lipinski definition) is 5. The Hall–Kier alpha value is -3.35. The standard InChI is InChI=1S/C23H26N4O3/c1-3-16-10-12-18(13-11-16)24-23(28)27-14-5-4-9-20(27)22-25-21(26-30-22)17-7-6-8-19(15-17)29-2/h6-8,10-13,15,20H,3-5,9,14H2,1-2H3,(H,24,28). The lowest BCUT2D eigenvalue weighted by molar-refractivity contribution is 0.142. The van der Waals surface area contributed by atoms with Crippen molar-refractivity contribution in [3.05, 3.63) is 60.0 Å². The Morgan fingerprint density at radius 1 is 1.23 bits per heavy atom. The minimum absolute atomic E-state index is 0.148. The average molecular weight is 406 g/mol. The lowest BCUT2D eigenvalue weighted by Gasteiger charge is -2.33. The van der Waals surface area contributed by atoms with E-state index in [1.54, 1.807) is 12.0 Å². The Morgan fingerprint density at radius 3 is 2.83 bits per heavy atom. The second kappa shape index (κ2) is 8.98. The maximum Gasteiger partial charge on any atom is 0.322 e. The first-order valence-electron chi connectivity index (χ1n) is 10.3. The van der Waals surface area contributed by atoms with Gasteiger partial charge in [-0.1, -0.05) is 36.3 Å². The molecule has 1 aromatic heterocycles. The molecular weight excluding hydrogens is 380 g/mol. The second-order valence-corrected chi connectivity index (χ2v) is 7.37. The van der Waals surface area contributed by atoms with Crippen LogP contribution in [0.4, 0.5) is 10.5 Å². The number of rotatable bonds is 5. The molecule has 1 atom stereocenters. The summed E-state index contributed by atoms with van der Waals surface area (Å²) in [4.78, 5) is 19.4. The van der Waals surface area contributed by atoms with Gasteiger partial charge in [-0.15, -0.1) is 0 Å². The Bertz CT molecular complexity index is 1000. The number of anilines is 1. The fraction of sp³-hybridized carbons (Fsp3) is 0.348. The van der Waals surface area contributed by atoms with E-state index in [0.29, 0.717) is 18.3 Å². The van der Waals surface area contributed by atoms with Gasteiger partial charge < -0.3 is 19.5 Å². The first kappa shape index (κ1) is 19.9. The van der Waals surface area contributed by atoms with Crippen LogP contribution in [0.2, 0.25) is 0 Å². The van der Waals surface area contributed by atoms with E-state index in [1.165, 1.54) is 5.56 Å². The van der Waals surface area contributed by atoms with Gasteiger partial charge in [0.05, 0.1) is 7.11 Å². The molecule has 30 heavy (non-hydrogen) atoms. The number of hydrogen-bond donors (Lipinski definition) is 1. The second-order valence-electron chi connectivity index (χ2n) is 7.37. The van der Waals surface area contributed by atoms with Crippen LogP contribution in [0.15, 0.2) is 53.1 Å². The number of carbonyl (C=O) groups is 1. The summed E-state index contributed by atoms with van der Waals surface area (Å²) in [5.41, 5.74) is 2.83. The van der Waals surface area contributed by atoms with E-state index >= 15 is 0 Å². The fourth-order valence-corrected chi connectivity index (χ4v) is 3.70. The number of benzene rings is 2. The van der Waals surface area contributed by atoms with E-state index in [4.69, 9.17) is 9.26 Å². The number of piperidine rings is 1. The number of amides is 2. The van der Waals surface area contributed by atoms with Crippen LogP contribution in [-0.4, -0.2) is 34.7 Å². The van der Waals surface area contributed by atoms with Crippen molar-refractivity contribution in [1.29, 1.82) is 0 Å². The Balaban J connectivity index is 1.52. The molecule has 1 fully saturated rings. The zero-order valence-electron chi connectivity index (χ0n) is 17.3. The number of urea groups is 1. The highest BCUT2D eigenvalue weighted by Gasteiger charge is 2.32. The molecule has 0 bridgehead atoms. The molecule has 0 saturated carbocycles. The van der Waals surface area contributed by atoms with Crippen molar-refractivity contribution in [3.8, 4) is 17.1 Å². The zero-order chi connectivity index (χ0) is 20.9. The monoisotopic (exact) mass is 406 g/mol. The van der Waals surface area contributed by atoms with Crippen molar-refractivity contribution in [3.63, 3.8) is 0 Å². The molecule has 7 heteroatoms. The van der Waals surface area contributed by atoms with Crippen LogP contribution >= 0.6 is 0 Å². The number of nitrogens with zero attached hydrogens (tertiary/aromatic N) is 3. The molecule has 0 radical (unpaired) electrons. The predicted octanol–water partition coefficient (Wildman–Crippen LogP) is 5.07. The van der Waals surface area contributed by atoms with Gasteiger partial charge in [-0.3, -0.25) is 0 Å². The number of carbonyl (C=O) groups excluding carboxylic acids is 1. The molecule has 3 aromatic rings. The summed E-state index contributed by atoms with van der Waals surface area (Å²) in [6.45, 7) is 2.76. The quantitative estimate of drug-likeness (QED) is 0.640. The number of likely N-dealkylation sites (tertiary alicyclic amines) is 1. The van der Waals surface area contributed by atoms with Gasteiger partial charge in [0.1, 0.15) is 11.8 Å². The van der Waals surface area contributed by atoms with E-state index in [2.05, 4.69) is 22.4 Å². The fourth-order valence-electron chi connectivity index (χ4n) is 3.70. The topological polar surface area (TPSA) is 80.5 Å². The molecule has 0 aliphatic carbocycles. The van der Waals surface area contributed by atoms with E-state index < -0.39 is 0 Å². The first-order chi connectivity index (χ1) is 14.7. The summed E-state index contributed by atoms with van der Waals surface area (Å²) < 4.78 is 10.8. The van der Waals surface area contributed by atoms with Crippen molar-refractivity contribution in [2.75, 3.05) is 19.0 Å². The zero-order valence-corrected chi connectivity index (χ0v) is 17.3. The normalized spacial score (nSPS) is 16.3. The number of aryl methyl sites for hydroxylation is 1. The summed E-state index contributed by atoms with van der Waals surface area (Å²) in [6, 6.07) is 15.1. The highest BCUT2D eigenvalue weighted by molar-refractivity contribution is 5.89. The van der Waals surface area contributed by atoms with E-state index in [1.807, 2.05) is 48.5 Å². The molecule has 7 nitrogen and oxygen atoms in total. The molecule has 1 unspecified atom stereocenters. The minimum Gasteiger partial charge on any atom is -0.497 e. The number of aromatic nitrogens is 2. The highest BCUT2D eigenvalue weighted by atomic mass is 16.5. The predicted molar refractivity (Wildman–Crippen MR) is 114 cm³/mol. The smallest absolute Gasteiger partial charge is 0.322 e. The van der Waals surface area contributed by atoms with Gasteiger partial charge >= 0.3 is 6.03 Å². The Morgan fingerprint density at radius 2 is 2.07 bits per heavy atom. The Kier molecular flexibility index (Phi) is 5.97. The van der Waals surface area contributed by atoms with Crippen LogP contribution in [0, 0.1) is 0 Å². The lowest BCUT2D eigenvalue weighted by Crippen LogP contribution is -2.41. The maximum absolute atomic E-state index is 13.0. The third-order valence-electron chi connectivity index (χ3n) is 5.43. The van der Waals surface area contributed by atoms with Gasteiger partial charge in [0.25, 0.3) is 0 Å². The molecule has 1 aliphatic heterocycles. The number of methoxy groups -OCH3 is 1. The summed E-state index contributed by atoms with van der Waals surface area (Å²) in [6.07, 6.45) is 3.73. The lowest BCUT2D eigenvalue weighted by atomic mass is 10.0.